The zero-order valence-corrected chi connectivity index (χ0v) is 17.1. The summed E-state index contributed by atoms with van der Waals surface area (Å²) in [7, 11) is 0. The standard InChI is InChI=1S/C20H22N6O4/c1-5-30-17(28)14-9-12(25-26-14)7-6-11-8-13-15(21-10-11)22-19(23-16(13)27)24-18(29)20(2,3)4/h6-10H,5H2,1-4H3,(H,25,26)(H2,21,22,23,24,27,29)/b7-6+. The van der Waals surface area contributed by atoms with Crippen LogP contribution in [0.4, 0.5) is 5.95 Å². The van der Waals surface area contributed by atoms with E-state index in [1.54, 1.807) is 58.2 Å². The van der Waals surface area contributed by atoms with Gasteiger partial charge in [-0.05, 0) is 30.7 Å². The summed E-state index contributed by atoms with van der Waals surface area (Å²) in [5, 5.41) is 9.49. The first-order chi connectivity index (χ1) is 14.2. The number of esters is 1. The fourth-order valence-corrected chi connectivity index (χ4v) is 2.40. The van der Waals surface area contributed by atoms with Crippen molar-refractivity contribution in [1.82, 2.24) is 25.1 Å². The van der Waals surface area contributed by atoms with Crippen LogP contribution in [0.5, 0.6) is 0 Å². The highest BCUT2D eigenvalue weighted by Crippen LogP contribution is 2.16. The second-order valence-electron chi connectivity index (χ2n) is 7.52. The van der Waals surface area contributed by atoms with E-state index in [0.717, 1.165) is 0 Å². The molecule has 156 valence electrons. The Morgan fingerprint density at radius 1 is 1.23 bits per heavy atom. The van der Waals surface area contributed by atoms with Crippen molar-refractivity contribution in [2.75, 3.05) is 11.9 Å². The molecule has 0 unspecified atom stereocenters. The summed E-state index contributed by atoms with van der Waals surface area (Å²) in [5.41, 5.74) is 0.581. The van der Waals surface area contributed by atoms with E-state index in [0.29, 0.717) is 11.3 Å². The molecule has 3 aromatic rings. The van der Waals surface area contributed by atoms with Crippen molar-refractivity contribution in [2.24, 2.45) is 5.41 Å². The number of aromatic amines is 2. The van der Waals surface area contributed by atoms with Gasteiger partial charge in [-0.2, -0.15) is 10.1 Å². The van der Waals surface area contributed by atoms with Crippen molar-refractivity contribution in [3.8, 4) is 0 Å². The molecule has 0 saturated carbocycles. The van der Waals surface area contributed by atoms with Crippen LogP contribution in [0.1, 0.15) is 49.4 Å². The third-order valence-corrected chi connectivity index (χ3v) is 4.03. The number of nitrogens with zero attached hydrogens (tertiary/aromatic N) is 3. The summed E-state index contributed by atoms with van der Waals surface area (Å²) in [5.74, 6) is -0.730. The van der Waals surface area contributed by atoms with Gasteiger partial charge in [0.2, 0.25) is 11.9 Å². The molecule has 0 bridgehead atoms. The van der Waals surface area contributed by atoms with Gasteiger partial charge >= 0.3 is 5.97 Å². The number of aromatic nitrogens is 5. The number of rotatable bonds is 5. The van der Waals surface area contributed by atoms with Gasteiger partial charge in [0.05, 0.1) is 17.7 Å². The Labute approximate surface area is 171 Å². The van der Waals surface area contributed by atoms with Crippen molar-refractivity contribution in [3.63, 3.8) is 0 Å². The number of pyridine rings is 1. The van der Waals surface area contributed by atoms with E-state index in [2.05, 4.69) is 30.5 Å². The first-order valence-electron chi connectivity index (χ1n) is 9.29. The molecule has 0 aliphatic heterocycles. The molecule has 3 N–H and O–H groups in total. The van der Waals surface area contributed by atoms with Crippen LogP contribution in [-0.4, -0.2) is 43.6 Å². The number of anilines is 1. The molecule has 0 aliphatic carbocycles. The van der Waals surface area contributed by atoms with Crippen LogP contribution < -0.4 is 10.9 Å². The number of nitrogens with one attached hydrogen (secondary N) is 3. The van der Waals surface area contributed by atoms with E-state index in [9.17, 15) is 14.4 Å². The first kappa shape index (κ1) is 20.9. The first-order valence-corrected chi connectivity index (χ1v) is 9.29. The minimum absolute atomic E-state index is 0.0483. The lowest BCUT2D eigenvalue weighted by atomic mass is 9.96. The number of H-pyrrole nitrogens is 2. The van der Waals surface area contributed by atoms with Crippen LogP contribution >= 0.6 is 0 Å². The molecule has 10 nitrogen and oxygen atoms in total. The predicted molar refractivity (Wildman–Crippen MR) is 112 cm³/mol. The van der Waals surface area contributed by atoms with Crippen LogP contribution in [0.3, 0.4) is 0 Å². The Bertz CT molecular complexity index is 1190. The van der Waals surface area contributed by atoms with E-state index >= 15 is 0 Å². The largest absolute Gasteiger partial charge is 0.461 e. The molecule has 0 saturated heterocycles. The third-order valence-electron chi connectivity index (χ3n) is 4.03. The highest BCUT2D eigenvalue weighted by atomic mass is 16.5. The van der Waals surface area contributed by atoms with Crippen LogP contribution in [0.15, 0.2) is 23.1 Å². The van der Waals surface area contributed by atoms with Crippen molar-refractivity contribution in [2.45, 2.75) is 27.7 Å². The van der Waals surface area contributed by atoms with E-state index in [1.165, 1.54) is 0 Å². The van der Waals surface area contributed by atoms with Gasteiger partial charge in [-0.1, -0.05) is 26.8 Å². The molecule has 1 amide bonds. The molecule has 0 aliphatic rings. The molecule has 0 aromatic carbocycles. The van der Waals surface area contributed by atoms with E-state index in [1.807, 2.05) is 0 Å². The second-order valence-corrected chi connectivity index (χ2v) is 7.52. The molecule has 0 spiro atoms. The van der Waals surface area contributed by atoms with Gasteiger partial charge in [0.1, 0.15) is 0 Å². The van der Waals surface area contributed by atoms with Gasteiger partial charge in [-0.25, -0.2) is 9.78 Å². The number of carbonyl (C=O) groups is 2. The quantitative estimate of drug-likeness (QED) is 0.548. The van der Waals surface area contributed by atoms with E-state index in [4.69, 9.17) is 4.74 Å². The maximum Gasteiger partial charge on any atom is 0.358 e. The molecule has 0 fully saturated rings. The Kier molecular flexibility index (Phi) is 5.77. The highest BCUT2D eigenvalue weighted by Gasteiger charge is 2.22. The lowest BCUT2D eigenvalue weighted by Crippen LogP contribution is -2.29. The predicted octanol–water partition coefficient (Wildman–Crippen LogP) is 2.37. The molecule has 3 heterocycles. The average Bonchev–Trinajstić information content (AvgIpc) is 3.15. The molecule has 30 heavy (non-hydrogen) atoms. The van der Waals surface area contributed by atoms with Gasteiger partial charge in [0.15, 0.2) is 11.3 Å². The van der Waals surface area contributed by atoms with Crippen LogP contribution in [0.2, 0.25) is 0 Å². The number of carbonyl (C=O) groups excluding carboxylic acids is 2. The topological polar surface area (TPSA) is 143 Å². The highest BCUT2D eigenvalue weighted by molar-refractivity contribution is 5.93. The van der Waals surface area contributed by atoms with Gasteiger partial charge in [0, 0.05) is 11.6 Å². The number of amides is 1. The number of fused-ring (bicyclic) bond motifs is 1. The monoisotopic (exact) mass is 410 g/mol. The summed E-state index contributed by atoms with van der Waals surface area (Å²) < 4.78 is 4.89. The van der Waals surface area contributed by atoms with Crippen molar-refractivity contribution in [3.05, 3.63) is 45.6 Å². The van der Waals surface area contributed by atoms with Crippen LogP contribution in [0, 0.1) is 5.41 Å². The summed E-state index contributed by atoms with van der Waals surface area (Å²) >= 11 is 0. The zero-order valence-electron chi connectivity index (χ0n) is 17.1. The maximum absolute atomic E-state index is 12.4. The Hall–Kier alpha value is -3.82. The fraction of sp³-hybridized carbons (Fsp3) is 0.300. The Morgan fingerprint density at radius 2 is 2.00 bits per heavy atom. The number of hydrogen-bond donors (Lipinski definition) is 3. The minimum atomic E-state index is -0.630. The summed E-state index contributed by atoms with van der Waals surface area (Å²) in [6.07, 6.45) is 4.95. The van der Waals surface area contributed by atoms with Crippen molar-refractivity contribution in [1.29, 1.82) is 0 Å². The number of hydrogen-bond acceptors (Lipinski definition) is 7. The molecular formula is C20H22N6O4. The van der Waals surface area contributed by atoms with Crippen LogP contribution in [-0.2, 0) is 9.53 Å². The molecule has 0 radical (unpaired) electrons. The Balaban J connectivity index is 1.82. The average molecular weight is 410 g/mol. The van der Waals surface area contributed by atoms with Gasteiger partial charge in [-0.15, -0.1) is 0 Å². The second kappa shape index (κ2) is 8.27. The molecule has 10 heteroatoms. The summed E-state index contributed by atoms with van der Waals surface area (Å²) in [6.45, 7) is 7.26. The third kappa shape index (κ3) is 4.77. The smallest absolute Gasteiger partial charge is 0.358 e. The van der Waals surface area contributed by atoms with Gasteiger partial charge < -0.3 is 4.74 Å². The zero-order chi connectivity index (χ0) is 21.9. The van der Waals surface area contributed by atoms with Gasteiger partial charge in [-0.3, -0.25) is 25.0 Å². The SMILES string of the molecule is CCOC(=O)c1cc(/C=C/c2cnc3nc(NC(=O)C(C)(C)C)[nH]c(=O)c3c2)[nH]n1. The molecule has 3 rings (SSSR count). The Morgan fingerprint density at radius 3 is 2.70 bits per heavy atom. The fourth-order valence-electron chi connectivity index (χ4n) is 2.40. The van der Waals surface area contributed by atoms with Gasteiger partial charge in [0.25, 0.3) is 5.56 Å². The minimum Gasteiger partial charge on any atom is -0.461 e. The normalized spacial score (nSPS) is 11.7. The van der Waals surface area contributed by atoms with Crippen LogP contribution in [0.25, 0.3) is 23.2 Å². The molecular weight excluding hydrogens is 388 g/mol. The summed E-state index contributed by atoms with van der Waals surface area (Å²) in [6, 6.07) is 3.18. The molecule has 3 aromatic heterocycles. The number of ether oxygens (including phenoxy) is 1. The van der Waals surface area contributed by atoms with Crippen molar-refractivity contribution >= 4 is 41.0 Å². The lowest BCUT2D eigenvalue weighted by molar-refractivity contribution is -0.123. The van der Waals surface area contributed by atoms with E-state index < -0.39 is 16.9 Å². The lowest BCUT2D eigenvalue weighted by Gasteiger charge is -2.16. The maximum atomic E-state index is 12.4. The van der Waals surface area contributed by atoms with E-state index in [-0.39, 0.29) is 35.2 Å². The molecule has 0 atom stereocenters. The summed E-state index contributed by atoms with van der Waals surface area (Å²) in [4.78, 5) is 47.1. The van der Waals surface area contributed by atoms with Crippen molar-refractivity contribution < 1.29 is 14.3 Å².